The minimum Gasteiger partial charge on any atom is -0.491 e. The molecule has 1 atom stereocenters. The van der Waals surface area contributed by atoms with Crippen LogP contribution in [-0.4, -0.2) is 33.2 Å². The predicted octanol–water partition coefficient (Wildman–Crippen LogP) is 4.68. The van der Waals surface area contributed by atoms with Crippen molar-refractivity contribution in [1.82, 2.24) is 14.7 Å². The Hall–Kier alpha value is -4.06. The van der Waals surface area contributed by atoms with E-state index in [2.05, 4.69) is 40.7 Å². The van der Waals surface area contributed by atoms with Crippen LogP contribution < -0.4 is 10.1 Å². The van der Waals surface area contributed by atoms with E-state index >= 15 is 0 Å². The summed E-state index contributed by atoms with van der Waals surface area (Å²) in [6.07, 6.45) is 2.34. The summed E-state index contributed by atoms with van der Waals surface area (Å²) in [5.41, 5.74) is 4.88. The molecular formula is C28H28N4O2. The number of carbonyl (C=O) groups is 1. The monoisotopic (exact) mass is 452 g/mol. The largest absolute Gasteiger partial charge is 0.491 e. The Morgan fingerprint density at radius 3 is 2.50 bits per heavy atom. The van der Waals surface area contributed by atoms with Gasteiger partial charge < -0.3 is 15.0 Å². The van der Waals surface area contributed by atoms with Crippen LogP contribution in [0.1, 0.15) is 27.2 Å². The van der Waals surface area contributed by atoms with Crippen LogP contribution in [0.15, 0.2) is 91.1 Å². The fraction of sp³-hybridized carbons (Fsp3) is 0.214. The summed E-state index contributed by atoms with van der Waals surface area (Å²) >= 11 is 0. The van der Waals surface area contributed by atoms with Crippen LogP contribution in [0.25, 0.3) is 0 Å². The van der Waals surface area contributed by atoms with Gasteiger partial charge in [-0.3, -0.25) is 9.48 Å². The molecule has 0 aliphatic carbocycles. The fourth-order valence-electron chi connectivity index (χ4n) is 4.42. The van der Waals surface area contributed by atoms with Gasteiger partial charge in [0.2, 0.25) is 0 Å². The number of hydrogen-bond acceptors (Lipinski definition) is 4. The molecule has 0 fully saturated rings. The van der Waals surface area contributed by atoms with Crippen LogP contribution in [-0.2, 0) is 26.6 Å². The maximum atomic E-state index is 13.9. The molecule has 1 aliphatic rings. The zero-order chi connectivity index (χ0) is 23.3. The molecule has 34 heavy (non-hydrogen) atoms. The normalized spacial score (nSPS) is 15.8. The molecule has 0 saturated carbocycles. The van der Waals surface area contributed by atoms with E-state index in [0.717, 1.165) is 28.1 Å². The van der Waals surface area contributed by atoms with E-state index in [1.54, 1.807) is 24.0 Å². The Labute approximate surface area is 199 Å². The van der Waals surface area contributed by atoms with Crippen molar-refractivity contribution in [3.05, 3.63) is 114 Å². The Morgan fingerprint density at radius 1 is 0.971 bits per heavy atom. The molecule has 5 rings (SSSR count). The van der Waals surface area contributed by atoms with Crippen molar-refractivity contribution in [3.8, 4) is 5.75 Å². The molecule has 0 unspecified atom stereocenters. The van der Waals surface area contributed by atoms with Gasteiger partial charge in [0.15, 0.2) is 0 Å². The summed E-state index contributed by atoms with van der Waals surface area (Å²) in [6.45, 7) is 1.49. The number of aryl methyl sites for hydroxylation is 1. The third-order valence-electron chi connectivity index (χ3n) is 6.29. The summed E-state index contributed by atoms with van der Waals surface area (Å²) in [4.78, 5) is 15.8. The number of nitrogens with one attached hydrogen (secondary N) is 1. The highest BCUT2D eigenvalue weighted by atomic mass is 16.5. The van der Waals surface area contributed by atoms with E-state index in [4.69, 9.17) is 4.74 Å². The van der Waals surface area contributed by atoms with Crippen LogP contribution in [0.5, 0.6) is 5.75 Å². The van der Waals surface area contributed by atoms with Gasteiger partial charge in [-0.15, -0.1) is 0 Å². The Balaban J connectivity index is 1.59. The summed E-state index contributed by atoms with van der Waals surface area (Å²) < 4.78 is 8.01. The van der Waals surface area contributed by atoms with Crippen molar-refractivity contribution in [2.75, 3.05) is 11.9 Å². The first-order valence-electron chi connectivity index (χ1n) is 11.5. The molecule has 172 valence electrons. The number of hydrogen-bond donors (Lipinski definition) is 1. The van der Waals surface area contributed by atoms with Gasteiger partial charge in [-0.05, 0) is 35.7 Å². The van der Waals surface area contributed by atoms with Crippen molar-refractivity contribution in [3.63, 3.8) is 0 Å². The van der Waals surface area contributed by atoms with Crippen LogP contribution in [0, 0.1) is 0 Å². The average molecular weight is 453 g/mol. The summed E-state index contributed by atoms with van der Waals surface area (Å²) in [7, 11) is 1.80. The summed E-state index contributed by atoms with van der Waals surface area (Å²) in [5.74, 6) is 0.771. The zero-order valence-electron chi connectivity index (χ0n) is 19.2. The Bertz CT molecular complexity index is 1270. The number of fused-ring (bicyclic) bond motifs is 2. The number of nitrogens with zero attached hydrogens (tertiary/aromatic N) is 3. The van der Waals surface area contributed by atoms with Gasteiger partial charge in [-0.2, -0.15) is 5.10 Å². The van der Waals surface area contributed by atoms with E-state index in [0.29, 0.717) is 31.8 Å². The molecule has 3 aromatic carbocycles. The van der Waals surface area contributed by atoms with E-state index < -0.39 is 0 Å². The Kier molecular flexibility index (Phi) is 6.29. The molecule has 1 N–H and O–H groups in total. The molecule has 2 heterocycles. The second-order valence-electron chi connectivity index (χ2n) is 8.55. The van der Waals surface area contributed by atoms with Gasteiger partial charge in [0.05, 0.1) is 6.04 Å². The first kappa shape index (κ1) is 21.8. The highest BCUT2D eigenvalue weighted by molar-refractivity contribution is 5.92. The highest BCUT2D eigenvalue weighted by Gasteiger charge is 2.29. The third-order valence-corrected chi connectivity index (χ3v) is 6.29. The van der Waals surface area contributed by atoms with Gasteiger partial charge in [-0.1, -0.05) is 66.7 Å². The van der Waals surface area contributed by atoms with Gasteiger partial charge in [0.1, 0.15) is 18.1 Å². The molecule has 1 aromatic heterocycles. The predicted molar refractivity (Wildman–Crippen MR) is 133 cm³/mol. The van der Waals surface area contributed by atoms with Crippen LogP contribution in [0.2, 0.25) is 0 Å². The van der Waals surface area contributed by atoms with E-state index in [1.165, 1.54) is 0 Å². The molecule has 0 spiro atoms. The second kappa shape index (κ2) is 9.83. The lowest BCUT2D eigenvalue weighted by Gasteiger charge is -2.32. The van der Waals surface area contributed by atoms with Gasteiger partial charge in [-0.25, -0.2) is 0 Å². The third kappa shape index (κ3) is 4.66. The number of amides is 1. The molecule has 1 amide bonds. The minimum absolute atomic E-state index is 0.0631. The maximum absolute atomic E-state index is 13.9. The number of rotatable bonds is 3. The average Bonchev–Trinajstić information content (AvgIpc) is 3.29. The lowest BCUT2D eigenvalue weighted by Crippen LogP contribution is -2.45. The van der Waals surface area contributed by atoms with Crippen molar-refractivity contribution in [2.45, 2.75) is 25.6 Å². The molecule has 1 aliphatic heterocycles. The molecule has 0 bridgehead atoms. The molecule has 6 heteroatoms. The minimum atomic E-state index is -0.177. The van der Waals surface area contributed by atoms with Gasteiger partial charge >= 0.3 is 0 Å². The van der Waals surface area contributed by atoms with Crippen molar-refractivity contribution in [2.24, 2.45) is 7.05 Å². The van der Waals surface area contributed by atoms with Gasteiger partial charge in [0, 0.05) is 37.6 Å². The highest BCUT2D eigenvalue weighted by Crippen LogP contribution is 2.27. The molecule has 0 radical (unpaired) electrons. The smallest absolute Gasteiger partial charge is 0.272 e. The number of anilines is 1. The lowest BCUT2D eigenvalue weighted by atomic mass is 10.0. The van der Waals surface area contributed by atoms with Crippen LogP contribution >= 0.6 is 0 Å². The van der Waals surface area contributed by atoms with Crippen molar-refractivity contribution >= 4 is 11.6 Å². The number of aromatic nitrogens is 2. The number of carbonyl (C=O) groups excluding carboxylic acids is 1. The first-order chi connectivity index (χ1) is 16.7. The van der Waals surface area contributed by atoms with Crippen molar-refractivity contribution < 1.29 is 9.53 Å². The first-order valence-corrected chi connectivity index (χ1v) is 11.5. The van der Waals surface area contributed by atoms with Gasteiger partial charge in [0.25, 0.3) is 5.91 Å². The van der Waals surface area contributed by atoms with Crippen LogP contribution in [0.3, 0.4) is 0 Å². The standard InChI is InChI=1S/C28H28N4O2/c1-31-26(15-16-30-31)28(33)32-19-23-12-5-7-13-25(23)29-18-22-11-6-8-14-27(22)34-20-24(32)17-21-9-3-2-4-10-21/h2-16,24,29H,17-20H2,1H3/t24-/m0/s1. The quantitative estimate of drug-likeness (QED) is 0.490. The molecule has 4 aromatic rings. The van der Waals surface area contributed by atoms with E-state index in [1.807, 2.05) is 53.4 Å². The number of benzene rings is 3. The molecular weight excluding hydrogens is 424 g/mol. The lowest BCUT2D eigenvalue weighted by molar-refractivity contribution is 0.0580. The van der Waals surface area contributed by atoms with Crippen LogP contribution in [0.4, 0.5) is 5.69 Å². The number of ether oxygens (including phenoxy) is 1. The SMILES string of the molecule is Cn1nccc1C(=O)N1Cc2ccccc2NCc2ccccc2OC[C@@H]1Cc1ccccc1. The fourth-order valence-corrected chi connectivity index (χ4v) is 4.42. The second-order valence-corrected chi connectivity index (χ2v) is 8.55. The molecule has 6 nitrogen and oxygen atoms in total. The number of para-hydroxylation sites is 2. The maximum Gasteiger partial charge on any atom is 0.272 e. The summed E-state index contributed by atoms with van der Waals surface area (Å²) in [6, 6.07) is 28.1. The summed E-state index contributed by atoms with van der Waals surface area (Å²) in [5, 5.41) is 7.78. The van der Waals surface area contributed by atoms with E-state index in [9.17, 15) is 4.79 Å². The topological polar surface area (TPSA) is 59.4 Å². The van der Waals surface area contributed by atoms with Crippen molar-refractivity contribution in [1.29, 1.82) is 0 Å². The Morgan fingerprint density at radius 2 is 1.71 bits per heavy atom. The van der Waals surface area contributed by atoms with E-state index in [-0.39, 0.29) is 11.9 Å². The molecule has 0 saturated heterocycles. The zero-order valence-corrected chi connectivity index (χ0v) is 19.2.